The Morgan fingerprint density at radius 3 is 2.52 bits per heavy atom. The van der Waals surface area contributed by atoms with Gasteiger partial charge in [0, 0.05) is 35.0 Å². The molecule has 2 N–H and O–H groups in total. The fraction of sp³-hybridized carbons (Fsp3) is 0.233. The van der Waals surface area contributed by atoms with Crippen LogP contribution in [0.15, 0.2) is 82.8 Å². The highest BCUT2D eigenvalue weighted by Gasteiger charge is 2.28. The fourth-order valence-corrected chi connectivity index (χ4v) is 4.54. The van der Waals surface area contributed by atoms with Crippen LogP contribution in [0.25, 0.3) is 10.9 Å². The number of carbonyl (C=O) groups is 1. The Morgan fingerprint density at radius 1 is 1.12 bits per heavy atom. The molecule has 0 aliphatic carbocycles. The Hall–Kier alpha value is -4.99. The number of ether oxygens (including phenoxy) is 1. The number of amides is 1. The lowest BCUT2D eigenvalue weighted by Gasteiger charge is -2.25. The molecule has 1 aromatic heterocycles. The molecule has 0 atom stereocenters. The van der Waals surface area contributed by atoms with Crippen LogP contribution in [0.2, 0.25) is 0 Å². The van der Waals surface area contributed by atoms with Crippen LogP contribution in [0.3, 0.4) is 0 Å². The summed E-state index contributed by atoms with van der Waals surface area (Å²) in [5.74, 6) is 0.525. The van der Waals surface area contributed by atoms with Gasteiger partial charge in [-0.1, -0.05) is 42.5 Å². The first kappa shape index (κ1) is 26.6. The molecule has 0 radical (unpaired) electrons. The van der Waals surface area contributed by atoms with Gasteiger partial charge in [0.15, 0.2) is 5.88 Å². The number of nitrogens with zero attached hydrogens (tertiary/aromatic N) is 4. The monoisotopic (exact) mass is 539 g/mol. The van der Waals surface area contributed by atoms with Gasteiger partial charge in [-0.2, -0.15) is 0 Å². The van der Waals surface area contributed by atoms with Gasteiger partial charge in [0.25, 0.3) is 5.69 Å². The van der Waals surface area contributed by atoms with Crippen molar-refractivity contribution in [2.45, 2.75) is 32.8 Å². The Balaban J connectivity index is 1.47. The van der Waals surface area contributed by atoms with Crippen LogP contribution in [-0.2, 0) is 11.2 Å². The minimum atomic E-state index is -0.592. The molecule has 0 saturated carbocycles. The predicted octanol–water partition coefficient (Wildman–Crippen LogP) is 6.14. The smallest absolute Gasteiger partial charge is 0.415 e. The first-order valence-corrected chi connectivity index (χ1v) is 12.9. The maximum absolute atomic E-state index is 12.6. The summed E-state index contributed by atoms with van der Waals surface area (Å²) in [6.45, 7) is 6.51. The zero-order valence-corrected chi connectivity index (χ0v) is 22.4. The summed E-state index contributed by atoms with van der Waals surface area (Å²) in [6.07, 6.45) is 0.0538. The van der Waals surface area contributed by atoms with E-state index in [2.05, 4.69) is 9.98 Å². The van der Waals surface area contributed by atoms with Crippen molar-refractivity contribution in [2.24, 2.45) is 9.98 Å². The van der Waals surface area contributed by atoms with Gasteiger partial charge < -0.3 is 14.8 Å². The SMILES string of the molecule is CC(C)(C)OC(=O)N1CCN=C1Cc1ccc(N=C(c2ccccc2)c2c(O)[nH]c3ccc([N+](=O)[O-])cc23)cc1. The molecule has 1 amide bonds. The molecule has 204 valence electrons. The fourth-order valence-electron chi connectivity index (χ4n) is 4.54. The number of hydrogen-bond acceptors (Lipinski definition) is 7. The molecule has 0 bridgehead atoms. The number of benzene rings is 3. The third-order valence-electron chi connectivity index (χ3n) is 6.34. The van der Waals surface area contributed by atoms with Crippen LogP contribution in [-0.4, -0.2) is 56.2 Å². The number of fused-ring (bicyclic) bond motifs is 1. The average Bonchev–Trinajstić information content (AvgIpc) is 3.51. The molecule has 0 unspecified atom stereocenters. The zero-order valence-electron chi connectivity index (χ0n) is 22.4. The highest BCUT2D eigenvalue weighted by atomic mass is 16.6. The molecule has 40 heavy (non-hydrogen) atoms. The Bertz CT molecular complexity index is 1630. The number of aromatic amines is 1. The summed E-state index contributed by atoms with van der Waals surface area (Å²) in [5.41, 5.74) is 3.03. The van der Waals surface area contributed by atoms with E-state index in [0.29, 0.717) is 53.2 Å². The van der Waals surface area contributed by atoms with E-state index in [0.717, 1.165) is 11.1 Å². The number of rotatable bonds is 6. The van der Waals surface area contributed by atoms with Gasteiger partial charge in [-0.25, -0.2) is 9.79 Å². The van der Waals surface area contributed by atoms with Crippen LogP contribution in [0.1, 0.15) is 37.5 Å². The van der Waals surface area contributed by atoms with Gasteiger partial charge in [0.1, 0.15) is 11.4 Å². The van der Waals surface area contributed by atoms with Crippen molar-refractivity contribution < 1.29 is 19.6 Å². The van der Waals surface area contributed by atoms with Gasteiger partial charge in [-0.3, -0.25) is 20.0 Å². The maximum atomic E-state index is 12.6. The van der Waals surface area contributed by atoms with E-state index >= 15 is 0 Å². The molecule has 5 rings (SSSR count). The molecule has 2 heterocycles. The van der Waals surface area contributed by atoms with E-state index in [4.69, 9.17) is 9.73 Å². The van der Waals surface area contributed by atoms with Crippen LogP contribution in [0.4, 0.5) is 16.2 Å². The zero-order chi connectivity index (χ0) is 28.4. The molecular formula is C30H29N5O5. The number of aromatic nitrogens is 1. The normalized spacial score (nSPS) is 13.9. The Morgan fingerprint density at radius 2 is 1.85 bits per heavy atom. The van der Waals surface area contributed by atoms with Crippen LogP contribution < -0.4 is 0 Å². The number of H-pyrrole nitrogens is 1. The van der Waals surface area contributed by atoms with Gasteiger partial charge >= 0.3 is 6.09 Å². The van der Waals surface area contributed by atoms with Crippen molar-refractivity contribution in [3.63, 3.8) is 0 Å². The van der Waals surface area contributed by atoms with Gasteiger partial charge in [0.2, 0.25) is 0 Å². The molecule has 10 nitrogen and oxygen atoms in total. The van der Waals surface area contributed by atoms with Crippen molar-refractivity contribution in [3.05, 3.63) is 99.6 Å². The first-order chi connectivity index (χ1) is 19.1. The van der Waals surface area contributed by atoms with E-state index < -0.39 is 16.6 Å². The van der Waals surface area contributed by atoms with Crippen molar-refractivity contribution in [3.8, 4) is 5.88 Å². The van der Waals surface area contributed by atoms with Crippen LogP contribution in [0, 0.1) is 10.1 Å². The predicted molar refractivity (Wildman–Crippen MR) is 154 cm³/mol. The van der Waals surface area contributed by atoms with E-state index in [1.54, 1.807) is 11.0 Å². The summed E-state index contributed by atoms with van der Waals surface area (Å²) < 4.78 is 5.52. The van der Waals surface area contributed by atoms with E-state index in [9.17, 15) is 20.0 Å². The van der Waals surface area contributed by atoms with Crippen molar-refractivity contribution in [1.29, 1.82) is 0 Å². The van der Waals surface area contributed by atoms with Crippen LogP contribution in [0.5, 0.6) is 5.88 Å². The highest BCUT2D eigenvalue weighted by molar-refractivity contribution is 6.22. The second kappa shape index (κ2) is 10.6. The van der Waals surface area contributed by atoms with Crippen molar-refractivity contribution in [1.82, 2.24) is 9.88 Å². The number of nitro groups is 1. The number of hydrogen-bond donors (Lipinski definition) is 2. The number of non-ortho nitro benzene ring substituents is 1. The molecule has 1 aliphatic rings. The molecule has 3 aromatic carbocycles. The Labute approximate surface area is 230 Å². The summed E-state index contributed by atoms with van der Waals surface area (Å²) >= 11 is 0. The van der Waals surface area contributed by atoms with Crippen LogP contribution >= 0.6 is 0 Å². The highest BCUT2D eigenvalue weighted by Crippen LogP contribution is 2.33. The molecule has 4 aromatic rings. The lowest BCUT2D eigenvalue weighted by Crippen LogP contribution is -2.39. The lowest BCUT2D eigenvalue weighted by atomic mass is 10.0. The standard InChI is InChI=1S/C30H29N5O5/c1-30(2,3)40-29(37)34-16-15-31-25(34)17-19-9-11-21(12-10-19)32-27(20-7-5-4-6-8-20)26-23-18-22(35(38)39)13-14-24(23)33-28(26)36/h4-14,18,33,36H,15-17H2,1-3H3. The van der Waals surface area contributed by atoms with E-state index in [-0.39, 0.29) is 11.6 Å². The summed E-state index contributed by atoms with van der Waals surface area (Å²) in [7, 11) is 0. The molecule has 1 aliphatic heterocycles. The van der Waals surface area contributed by atoms with Gasteiger partial charge in [-0.05, 0) is 44.5 Å². The molecular weight excluding hydrogens is 510 g/mol. The largest absolute Gasteiger partial charge is 0.494 e. The second-order valence-electron chi connectivity index (χ2n) is 10.4. The second-order valence-corrected chi connectivity index (χ2v) is 10.4. The summed E-state index contributed by atoms with van der Waals surface area (Å²) in [4.78, 5) is 37.4. The summed E-state index contributed by atoms with van der Waals surface area (Å²) in [6, 6.07) is 21.2. The summed E-state index contributed by atoms with van der Waals surface area (Å²) in [5, 5.41) is 22.8. The number of amidine groups is 1. The minimum Gasteiger partial charge on any atom is -0.494 e. The minimum absolute atomic E-state index is 0.0835. The maximum Gasteiger partial charge on any atom is 0.415 e. The van der Waals surface area contributed by atoms with Crippen molar-refractivity contribution in [2.75, 3.05) is 13.1 Å². The lowest BCUT2D eigenvalue weighted by molar-refractivity contribution is -0.384. The number of aromatic hydroxyl groups is 1. The topological polar surface area (TPSA) is 133 Å². The number of nitro benzene ring substituents is 1. The average molecular weight is 540 g/mol. The number of nitrogens with one attached hydrogen (secondary N) is 1. The molecule has 0 saturated heterocycles. The van der Waals surface area contributed by atoms with E-state index in [1.807, 2.05) is 75.4 Å². The first-order valence-electron chi connectivity index (χ1n) is 12.9. The van der Waals surface area contributed by atoms with E-state index in [1.165, 1.54) is 12.1 Å². The number of aliphatic imine (C=N–C) groups is 2. The number of carbonyl (C=O) groups excluding carboxylic acids is 1. The molecule has 0 spiro atoms. The van der Waals surface area contributed by atoms with Gasteiger partial charge in [-0.15, -0.1) is 0 Å². The third kappa shape index (κ3) is 5.70. The molecule has 0 fully saturated rings. The molecule has 10 heteroatoms. The quantitative estimate of drug-likeness (QED) is 0.172. The third-order valence-corrected chi connectivity index (χ3v) is 6.34. The Kier molecular flexibility index (Phi) is 7.08. The van der Waals surface area contributed by atoms with Gasteiger partial charge in [0.05, 0.1) is 35.0 Å². The van der Waals surface area contributed by atoms with Crippen molar-refractivity contribution >= 4 is 39.9 Å².